The zero-order valence-electron chi connectivity index (χ0n) is 12.5. The van der Waals surface area contributed by atoms with Gasteiger partial charge in [-0.25, -0.2) is 13.8 Å². The molecule has 0 saturated carbocycles. The van der Waals surface area contributed by atoms with Crippen LogP contribution in [0.15, 0.2) is 6.07 Å². The number of pyridine rings is 1. The van der Waals surface area contributed by atoms with Crippen molar-refractivity contribution in [3.8, 4) is 0 Å². The monoisotopic (exact) mass is 287 g/mol. The number of anilines is 2. The fourth-order valence-corrected chi connectivity index (χ4v) is 2.21. The van der Waals surface area contributed by atoms with E-state index in [1.54, 1.807) is 14.2 Å². The summed E-state index contributed by atoms with van der Waals surface area (Å²) < 4.78 is 32.6. The molecular formula is C14H23F2N3O. The third-order valence-electron chi connectivity index (χ3n) is 3.34. The van der Waals surface area contributed by atoms with Gasteiger partial charge in [-0.15, -0.1) is 0 Å². The lowest BCUT2D eigenvalue weighted by atomic mass is 10.1. The van der Waals surface area contributed by atoms with Gasteiger partial charge in [0.2, 0.25) is 0 Å². The quantitative estimate of drug-likeness (QED) is 0.797. The van der Waals surface area contributed by atoms with Crippen molar-refractivity contribution in [2.45, 2.75) is 32.7 Å². The molecule has 0 fully saturated rings. The van der Waals surface area contributed by atoms with E-state index < -0.39 is 11.6 Å². The van der Waals surface area contributed by atoms with E-state index in [2.05, 4.69) is 10.3 Å². The molecule has 0 amide bonds. The number of aromatic nitrogens is 1. The Morgan fingerprint density at radius 2 is 1.95 bits per heavy atom. The summed E-state index contributed by atoms with van der Waals surface area (Å²) in [6.07, 6.45) is 1.71. The third kappa shape index (κ3) is 3.79. The van der Waals surface area contributed by atoms with E-state index >= 15 is 0 Å². The Kier molecular flexibility index (Phi) is 6.64. The van der Waals surface area contributed by atoms with Gasteiger partial charge in [-0.3, -0.25) is 0 Å². The van der Waals surface area contributed by atoms with Crippen LogP contribution in [0.25, 0.3) is 0 Å². The molecule has 0 aliphatic carbocycles. The van der Waals surface area contributed by atoms with Gasteiger partial charge >= 0.3 is 0 Å². The Labute approximate surface area is 119 Å². The standard InChI is InChI=1S/C14H23F2N3O/c1-5-10(6-2)19(7-8-20-4)14-12(16)9-11(15)13(17-3)18-14/h9-10H,5-8H2,1-4H3,(H,17,18). The molecule has 0 bridgehead atoms. The van der Waals surface area contributed by atoms with Gasteiger partial charge < -0.3 is 15.0 Å². The van der Waals surface area contributed by atoms with Gasteiger partial charge in [0.15, 0.2) is 23.3 Å². The summed E-state index contributed by atoms with van der Waals surface area (Å²) in [4.78, 5) is 5.92. The van der Waals surface area contributed by atoms with Crippen molar-refractivity contribution in [1.82, 2.24) is 4.98 Å². The number of hydrogen-bond acceptors (Lipinski definition) is 4. The minimum Gasteiger partial charge on any atom is -0.383 e. The molecule has 0 saturated heterocycles. The molecule has 0 atom stereocenters. The lowest BCUT2D eigenvalue weighted by Crippen LogP contribution is -2.38. The maximum Gasteiger partial charge on any atom is 0.168 e. The van der Waals surface area contributed by atoms with E-state index in [0.29, 0.717) is 13.2 Å². The maximum atomic E-state index is 14.1. The molecule has 0 aliphatic heterocycles. The Hall–Kier alpha value is -1.43. The molecule has 0 radical (unpaired) electrons. The molecule has 1 N–H and O–H groups in total. The summed E-state index contributed by atoms with van der Waals surface area (Å²) >= 11 is 0. The van der Waals surface area contributed by atoms with Crippen molar-refractivity contribution >= 4 is 11.6 Å². The Morgan fingerprint density at radius 1 is 1.30 bits per heavy atom. The average Bonchev–Trinajstić information content (AvgIpc) is 2.44. The van der Waals surface area contributed by atoms with Crippen LogP contribution in [-0.2, 0) is 4.74 Å². The summed E-state index contributed by atoms with van der Waals surface area (Å²) in [6.45, 7) is 5.05. The van der Waals surface area contributed by atoms with Crippen LogP contribution in [0.5, 0.6) is 0 Å². The van der Waals surface area contributed by atoms with Crippen LogP contribution in [0.1, 0.15) is 26.7 Å². The third-order valence-corrected chi connectivity index (χ3v) is 3.34. The summed E-state index contributed by atoms with van der Waals surface area (Å²) in [5.41, 5.74) is 0. The topological polar surface area (TPSA) is 37.4 Å². The van der Waals surface area contributed by atoms with Gasteiger partial charge in [-0.1, -0.05) is 13.8 Å². The summed E-state index contributed by atoms with van der Waals surface area (Å²) in [7, 11) is 3.16. The molecule has 6 heteroatoms. The number of nitrogens with one attached hydrogen (secondary N) is 1. The number of ether oxygens (including phenoxy) is 1. The first-order chi connectivity index (χ1) is 9.58. The number of halogens is 2. The van der Waals surface area contributed by atoms with Gasteiger partial charge in [0.05, 0.1) is 6.61 Å². The Bertz CT molecular complexity index is 425. The van der Waals surface area contributed by atoms with E-state index in [1.165, 1.54) is 0 Å². The Balaban J connectivity index is 3.17. The van der Waals surface area contributed by atoms with Gasteiger partial charge in [-0.2, -0.15) is 0 Å². The van der Waals surface area contributed by atoms with E-state index in [1.807, 2.05) is 18.7 Å². The van der Waals surface area contributed by atoms with Crippen molar-refractivity contribution < 1.29 is 13.5 Å². The number of rotatable bonds is 8. The minimum atomic E-state index is -0.690. The van der Waals surface area contributed by atoms with Crippen LogP contribution in [0.4, 0.5) is 20.4 Å². The first-order valence-electron chi connectivity index (χ1n) is 6.88. The van der Waals surface area contributed by atoms with Crippen molar-refractivity contribution in [2.24, 2.45) is 0 Å². The van der Waals surface area contributed by atoms with Crippen molar-refractivity contribution in [3.63, 3.8) is 0 Å². The van der Waals surface area contributed by atoms with E-state index in [9.17, 15) is 8.78 Å². The second-order valence-electron chi connectivity index (χ2n) is 4.53. The molecule has 1 heterocycles. The number of methoxy groups -OCH3 is 1. The van der Waals surface area contributed by atoms with E-state index in [-0.39, 0.29) is 17.7 Å². The van der Waals surface area contributed by atoms with Crippen LogP contribution in [0.2, 0.25) is 0 Å². The lowest BCUT2D eigenvalue weighted by Gasteiger charge is -2.32. The van der Waals surface area contributed by atoms with Crippen LogP contribution in [-0.4, -0.2) is 38.3 Å². The first-order valence-corrected chi connectivity index (χ1v) is 6.88. The van der Waals surface area contributed by atoms with E-state index in [0.717, 1.165) is 18.9 Å². The van der Waals surface area contributed by atoms with Crippen LogP contribution in [0, 0.1) is 11.6 Å². The predicted octanol–water partition coefficient (Wildman–Crippen LogP) is 3.04. The van der Waals surface area contributed by atoms with Crippen LogP contribution >= 0.6 is 0 Å². The normalized spacial score (nSPS) is 10.9. The lowest BCUT2D eigenvalue weighted by molar-refractivity contribution is 0.202. The second-order valence-corrected chi connectivity index (χ2v) is 4.53. The molecule has 1 aromatic rings. The molecule has 1 aromatic heterocycles. The molecule has 0 unspecified atom stereocenters. The minimum absolute atomic E-state index is 0.0507. The van der Waals surface area contributed by atoms with Gasteiger partial charge in [-0.05, 0) is 12.8 Å². The highest BCUT2D eigenvalue weighted by Gasteiger charge is 2.22. The Morgan fingerprint density at radius 3 is 2.45 bits per heavy atom. The SMILES string of the molecule is CCC(CC)N(CCOC)c1nc(NC)c(F)cc1F. The highest BCUT2D eigenvalue weighted by Crippen LogP contribution is 2.25. The fraction of sp³-hybridized carbons (Fsp3) is 0.643. The first kappa shape index (κ1) is 16.6. The zero-order chi connectivity index (χ0) is 15.1. The molecule has 4 nitrogen and oxygen atoms in total. The van der Waals surface area contributed by atoms with Crippen LogP contribution in [0.3, 0.4) is 0 Å². The summed E-state index contributed by atoms with van der Waals surface area (Å²) in [6, 6.07) is 1.01. The highest BCUT2D eigenvalue weighted by molar-refractivity contribution is 5.49. The van der Waals surface area contributed by atoms with Crippen LogP contribution < -0.4 is 10.2 Å². The molecule has 0 aromatic carbocycles. The van der Waals surface area contributed by atoms with Crippen molar-refractivity contribution in [2.75, 3.05) is 37.5 Å². The molecule has 0 spiro atoms. The molecular weight excluding hydrogens is 264 g/mol. The van der Waals surface area contributed by atoms with E-state index in [4.69, 9.17) is 4.74 Å². The second kappa shape index (κ2) is 7.99. The average molecular weight is 287 g/mol. The smallest absolute Gasteiger partial charge is 0.168 e. The summed E-state index contributed by atoms with van der Waals surface area (Å²) in [5, 5.41) is 2.64. The van der Waals surface area contributed by atoms with Gasteiger partial charge in [0.1, 0.15) is 0 Å². The molecule has 1 rings (SSSR count). The summed E-state index contributed by atoms with van der Waals surface area (Å²) in [5.74, 6) is -1.12. The van der Waals surface area contributed by atoms with Crippen molar-refractivity contribution in [3.05, 3.63) is 17.7 Å². The zero-order valence-corrected chi connectivity index (χ0v) is 12.5. The predicted molar refractivity (Wildman–Crippen MR) is 77.3 cm³/mol. The maximum absolute atomic E-state index is 14.1. The van der Waals surface area contributed by atoms with Crippen molar-refractivity contribution in [1.29, 1.82) is 0 Å². The molecule has 114 valence electrons. The molecule has 20 heavy (non-hydrogen) atoms. The van der Waals surface area contributed by atoms with Gasteiger partial charge in [0, 0.05) is 32.8 Å². The molecule has 0 aliphatic rings. The number of nitrogens with zero attached hydrogens (tertiary/aromatic N) is 2. The largest absolute Gasteiger partial charge is 0.383 e. The number of hydrogen-bond donors (Lipinski definition) is 1. The fourth-order valence-electron chi connectivity index (χ4n) is 2.21. The van der Waals surface area contributed by atoms with Gasteiger partial charge in [0.25, 0.3) is 0 Å². The highest BCUT2D eigenvalue weighted by atomic mass is 19.1.